The molecule has 0 unspecified atom stereocenters. The molecule has 4 rings (SSSR count). The molecule has 5 nitrogen and oxygen atoms in total. The highest BCUT2D eigenvalue weighted by atomic mass is 16.7. The van der Waals surface area contributed by atoms with Crippen LogP contribution in [0.15, 0.2) is 12.2 Å². The smallest absolute Gasteiger partial charge is 0.172 e. The molecule has 2 saturated heterocycles. The van der Waals surface area contributed by atoms with Crippen LogP contribution in [0.2, 0.25) is 0 Å². The van der Waals surface area contributed by atoms with Gasteiger partial charge in [-0.2, -0.15) is 0 Å². The number of hydrogen-bond donors (Lipinski definition) is 2. The number of aliphatic hydroxyl groups is 2. The topological polar surface area (TPSA) is 68.2 Å². The zero-order chi connectivity index (χ0) is 15.9. The van der Waals surface area contributed by atoms with Gasteiger partial charge in [-0.3, -0.25) is 0 Å². The van der Waals surface area contributed by atoms with Crippen LogP contribution in [-0.2, 0) is 14.2 Å². The first kappa shape index (κ1) is 15.1. The first-order valence-corrected chi connectivity index (χ1v) is 8.14. The summed E-state index contributed by atoms with van der Waals surface area (Å²) in [4.78, 5) is 0. The number of hydrogen-bond acceptors (Lipinski definition) is 5. The number of ether oxygens (including phenoxy) is 3. The van der Waals surface area contributed by atoms with Crippen LogP contribution in [-0.4, -0.2) is 54.6 Å². The lowest BCUT2D eigenvalue weighted by molar-refractivity contribution is -0.208. The molecule has 4 fully saturated rings. The van der Waals surface area contributed by atoms with E-state index >= 15 is 0 Å². The Kier molecular flexibility index (Phi) is 2.97. The van der Waals surface area contributed by atoms with Crippen LogP contribution >= 0.6 is 0 Å². The van der Waals surface area contributed by atoms with Gasteiger partial charge in [-0.1, -0.05) is 19.1 Å². The first-order valence-electron chi connectivity index (χ1n) is 8.14. The van der Waals surface area contributed by atoms with Gasteiger partial charge in [0.05, 0.1) is 31.5 Å². The maximum atomic E-state index is 11.0. The molecule has 22 heavy (non-hydrogen) atoms. The molecule has 8 atom stereocenters. The van der Waals surface area contributed by atoms with E-state index in [1.165, 1.54) is 0 Å². The molecule has 2 aliphatic heterocycles. The van der Waals surface area contributed by atoms with E-state index < -0.39 is 23.4 Å². The van der Waals surface area contributed by atoms with Crippen molar-refractivity contribution < 1.29 is 24.4 Å². The standard InChI is InChI=1S/C17H26O5/c1-9-5-10-14-15(2,7-21-10)11(18)6-12(19)17(14)8-22-16(3,20-4)13(9)17/h10-14,18-19H,1,5-8H2,2-4H3/t10-,11+,12-,13+,14-,15+,16+,17+/m0/s1. The Morgan fingerprint density at radius 3 is 2.64 bits per heavy atom. The molecule has 124 valence electrons. The quantitative estimate of drug-likeness (QED) is 0.710. The molecule has 0 amide bonds. The molecule has 4 aliphatic rings. The molecule has 0 bridgehead atoms. The molecule has 2 saturated carbocycles. The molecule has 0 aromatic rings. The summed E-state index contributed by atoms with van der Waals surface area (Å²) in [5, 5.41) is 21.6. The van der Waals surface area contributed by atoms with Crippen LogP contribution in [0.4, 0.5) is 0 Å². The van der Waals surface area contributed by atoms with Gasteiger partial charge in [0.2, 0.25) is 0 Å². The van der Waals surface area contributed by atoms with Crippen molar-refractivity contribution in [2.75, 3.05) is 20.3 Å². The van der Waals surface area contributed by atoms with Gasteiger partial charge in [-0.25, -0.2) is 0 Å². The van der Waals surface area contributed by atoms with Crippen molar-refractivity contribution in [3.8, 4) is 0 Å². The second-order valence-electron chi connectivity index (χ2n) is 8.02. The van der Waals surface area contributed by atoms with Crippen LogP contribution in [0, 0.1) is 22.7 Å². The third kappa shape index (κ3) is 1.47. The number of methoxy groups -OCH3 is 1. The van der Waals surface area contributed by atoms with Crippen LogP contribution < -0.4 is 0 Å². The minimum atomic E-state index is -0.769. The fourth-order valence-corrected chi connectivity index (χ4v) is 6.03. The summed E-state index contributed by atoms with van der Waals surface area (Å²) in [7, 11) is 1.65. The van der Waals surface area contributed by atoms with E-state index in [0.717, 1.165) is 12.0 Å². The van der Waals surface area contributed by atoms with Gasteiger partial charge in [0.1, 0.15) is 0 Å². The zero-order valence-electron chi connectivity index (χ0n) is 13.5. The average molecular weight is 310 g/mol. The Hall–Kier alpha value is -0.460. The van der Waals surface area contributed by atoms with Crippen LogP contribution in [0.3, 0.4) is 0 Å². The van der Waals surface area contributed by atoms with Gasteiger partial charge < -0.3 is 24.4 Å². The van der Waals surface area contributed by atoms with Crippen LogP contribution in [0.25, 0.3) is 0 Å². The predicted molar refractivity (Wildman–Crippen MR) is 79.0 cm³/mol. The minimum absolute atomic E-state index is 0.00107. The fourth-order valence-electron chi connectivity index (χ4n) is 6.03. The maximum Gasteiger partial charge on any atom is 0.172 e. The Bertz CT molecular complexity index is 521. The molecule has 0 radical (unpaired) electrons. The summed E-state index contributed by atoms with van der Waals surface area (Å²) in [5.41, 5.74) is 0.211. The Balaban J connectivity index is 1.89. The summed E-state index contributed by atoms with van der Waals surface area (Å²) < 4.78 is 17.8. The lowest BCUT2D eigenvalue weighted by atomic mass is 9.45. The second kappa shape index (κ2) is 4.33. The van der Waals surface area contributed by atoms with E-state index in [2.05, 4.69) is 13.5 Å². The summed E-state index contributed by atoms with van der Waals surface area (Å²) in [6.07, 6.45) is -0.0840. The van der Waals surface area contributed by atoms with Gasteiger partial charge in [0.15, 0.2) is 5.79 Å². The Morgan fingerprint density at radius 2 is 1.95 bits per heavy atom. The molecule has 2 aliphatic carbocycles. The third-order valence-electron chi connectivity index (χ3n) is 7.05. The zero-order valence-corrected chi connectivity index (χ0v) is 13.5. The summed E-state index contributed by atoms with van der Waals surface area (Å²) in [6, 6.07) is 0. The van der Waals surface area contributed by atoms with Crippen molar-refractivity contribution in [1.29, 1.82) is 0 Å². The highest BCUT2D eigenvalue weighted by molar-refractivity contribution is 5.29. The van der Waals surface area contributed by atoms with Crippen molar-refractivity contribution in [3.05, 3.63) is 12.2 Å². The SMILES string of the molecule is C=C1C[C@@H]2OC[C@]3(C)[C@H](O)C[C@H](O)[C@@]4(CO[C@@](C)(OC)[C@@H]14)[C@@H]23. The minimum Gasteiger partial charge on any atom is -0.392 e. The molecule has 2 heterocycles. The van der Waals surface area contributed by atoms with E-state index in [1.54, 1.807) is 7.11 Å². The van der Waals surface area contributed by atoms with E-state index in [0.29, 0.717) is 19.6 Å². The van der Waals surface area contributed by atoms with Crippen molar-refractivity contribution in [3.63, 3.8) is 0 Å². The molecule has 0 aromatic heterocycles. The monoisotopic (exact) mass is 310 g/mol. The maximum absolute atomic E-state index is 11.0. The molecular formula is C17H26O5. The van der Waals surface area contributed by atoms with Crippen molar-refractivity contribution >= 4 is 0 Å². The van der Waals surface area contributed by atoms with E-state index in [4.69, 9.17) is 14.2 Å². The third-order valence-corrected chi connectivity index (χ3v) is 7.05. The van der Waals surface area contributed by atoms with E-state index in [9.17, 15) is 10.2 Å². The van der Waals surface area contributed by atoms with Crippen molar-refractivity contribution in [1.82, 2.24) is 0 Å². The number of aliphatic hydroxyl groups excluding tert-OH is 2. The summed E-state index contributed by atoms with van der Waals surface area (Å²) in [6.45, 7) is 9.24. The Morgan fingerprint density at radius 1 is 1.23 bits per heavy atom. The van der Waals surface area contributed by atoms with E-state index in [-0.39, 0.29) is 23.4 Å². The molecular weight excluding hydrogens is 284 g/mol. The molecule has 2 N–H and O–H groups in total. The highest BCUT2D eigenvalue weighted by Crippen LogP contribution is 2.69. The van der Waals surface area contributed by atoms with Gasteiger partial charge in [0.25, 0.3) is 0 Å². The van der Waals surface area contributed by atoms with Crippen molar-refractivity contribution in [2.24, 2.45) is 22.7 Å². The largest absolute Gasteiger partial charge is 0.392 e. The Labute approximate surface area is 131 Å². The highest BCUT2D eigenvalue weighted by Gasteiger charge is 2.75. The van der Waals surface area contributed by atoms with Crippen LogP contribution in [0.5, 0.6) is 0 Å². The fraction of sp³-hybridized carbons (Fsp3) is 0.882. The second-order valence-corrected chi connectivity index (χ2v) is 8.02. The molecule has 1 spiro atoms. The normalized spacial score (nSPS) is 60.2. The summed E-state index contributed by atoms with van der Waals surface area (Å²) >= 11 is 0. The van der Waals surface area contributed by atoms with Crippen LogP contribution in [0.1, 0.15) is 26.7 Å². The molecule has 5 heteroatoms. The van der Waals surface area contributed by atoms with Gasteiger partial charge in [0, 0.05) is 36.2 Å². The lowest BCUT2D eigenvalue weighted by Crippen LogP contribution is -2.66. The molecule has 0 aromatic carbocycles. The van der Waals surface area contributed by atoms with Crippen molar-refractivity contribution in [2.45, 2.75) is 50.8 Å². The van der Waals surface area contributed by atoms with Gasteiger partial charge in [-0.05, 0) is 13.3 Å². The lowest BCUT2D eigenvalue weighted by Gasteiger charge is -2.59. The predicted octanol–water partition coefficient (Wildman–Crippen LogP) is 1.09. The van der Waals surface area contributed by atoms with Gasteiger partial charge in [-0.15, -0.1) is 0 Å². The first-order chi connectivity index (χ1) is 10.3. The van der Waals surface area contributed by atoms with E-state index in [1.807, 2.05) is 6.92 Å². The average Bonchev–Trinajstić information content (AvgIpc) is 2.97. The van der Waals surface area contributed by atoms with Gasteiger partial charge >= 0.3 is 0 Å². The summed E-state index contributed by atoms with van der Waals surface area (Å²) in [5.74, 6) is -0.782. The number of rotatable bonds is 1.